The second-order valence-electron chi connectivity index (χ2n) is 5.09. The van der Waals surface area contributed by atoms with Crippen molar-refractivity contribution in [2.75, 3.05) is 5.32 Å². The van der Waals surface area contributed by atoms with Gasteiger partial charge in [0.05, 0.1) is 16.3 Å². The third-order valence-electron chi connectivity index (χ3n) is 3.30. The molecule has 0 spiro atoms. The lowest BCUT2D eigenvalue weighted by atomic mass is 10.1. The number of carbonyl (C=O) groups is 2. The van der Waals surface area contributed by atoms with Gasteiger partial charge in [-0.3, -0.25) is 4.79 Å². The van der Waals surface area contributed by atoms with Gasteiger partial charge in [0.15, 0.2) is 0 Å². The van der Waals surface area contributed by atoms with Crippen LogP contribution in [-0.2, 0) is 4.79 Å². The molecule has 1 aromatic heterocycles. The number of phenolic OH excluding ortho intramolecular Hbond substituents is 1. The Morgan fingerprint density at radius 1 is 1.16 bits per heavy atom. The number of nitrogens with one attached hydrogen (secondary N) is 1. The number of phenols is 1. The van der Waals surface area contributed by atoms with Crippen LogP contribution in [0.1, 0.15) is 17.3 Å². The standard InChI is InChI=1S/C15H10Cl2N4O4/c1-6(22)18-9-5-8(15(24)25)13-14(12(9)17)20-21(19-13)10-4-7(16)2-3-11(10)23/h2-5,23H,1H3,(H,18,22)(H,24,25). The average Bonchev–Trinajstić information content (AvgIpc) is 2.97. The van der Waals surface area contributed by atoms with Crippen molar-refractivity contribution in [3.63, 3.8) is 0 Å². The number of amides is 1. The van der Waals surface area contributed by atoms with Crippen molar-refractivity contribution in [3.8, 4) is 11.4 Å². The first kappa shape index (κ1) is 17.0. The fourth-order valence-electron chi connectivity index (χ4n) is 2.25. The zero-order valence-corrected chi connectivity index (χ0v) is 14.1. The van der Waals surface area contributed by atoms with Crippen LogP contribution in [-0.4, -0.2) is 37.1 Å². The first-order valence-electron chi connectivity index (χ1n) is 6.87. The number of halogens is 2. The van der Waals surface area contributed by atoms with Gasteiger partial charge in [0.1, 0.15) is 22.5 Å². The molecular weight excluding hydrogens is 371 g/mol. The van der Waals surface area contributed by atoms with Crippen molar-refractivity contribution in [3.05, 3.63) is 39.9 Å². The predicted molar refractivity (Wildman–Crippen MR) is 91.8 cm³/mol. The summed E-state index contributed by atoms with van der Waals surface area (Å²) in [4.78, 5) is 23.8. The van der Waals surface area contributed by atoms with Crippen LogP contribution >= 0.6 is 23.2 Å². The molecule has 0 unspecified atom stereocenters. The highest BCUT2D eigenvalue weighted by Gasteiger charge is 2.21. The lowest BCUT2D eigenvalue weighted by Gasteiger charge is -2.06. The molecule has 3 rings (SSSR count). The number of aromatic carboxylic acids is 1. The highest BCUT2D eigenvalue weighted by atomic mass is 35.5. The molecule has 0 atom stereocenters. The topological polar surface area (TPSA) is 117 Å². The van der Waals surface area contributed by atoms with Crippen LogP contribution in [0, 0.1) is 0 Å². The summed E-state index contributed by atoms with van der Waals surface area (Å²) in [6.07, 6.45) is 0. The lowest BCUT2D eigenvalue weighted by molar-refractivity contribution is -0.114. The Labute approximate surface area is 150 Å². The van der Waals surface area contributed by atoms with Crippen LogP contribution in [0.3, 0.4) is 0 Å². The van der Waals surface area contributed by atoms with E-state index in [4.69, 9.17) is 23.2 Å². The van der Waals surface area contributed by atoms with Gasteiger partial charge in [0.2, 0.25) is 5.91 Å². The normalized spacial score (nSPS) is 10.8. The Bertz CT molecular complexity index is 1030. The molecule has 0 bridgehead atoms. The Morgan fingerprint density at radius 2 is 1.84 bits per heavy atom. The van der Waals surface area contributed by atoms with Crippen molar-refractivity contribution < 1.29 is 19.8 Å². The molecule has 8 nitrogen and oxygen atoms in total. The van der Waals surface area contributed by atoms with Crippen LogP contribution in [0.5, 0.6) is 5.75 Å². The number of nitrogens with zero attached hydrogens (tertiary/aromatic N) is 3. The maximum Gasteiger partial charge on any atom is 0.338 e. The molecule has 0 radical (unpaired) electrons. The minimum absolute atomic E-state index is 0.00553. The zero-order chi connectivity index (χ0) is 18.3. The third kappa shape index (κ3) is 3.09. The summed E-state index contributed by atoms with van der Waals surface area (Å²) < 4.78 is 0. The number of carboxylic acid groups (broad SMARTS) is 1. The summed E-state index contributed by atoms with van der Waals surface area (Å²) in [5.41, 5.74) is 0.116. The lowest BCUT2D eigenvalue weighted by Crippen LogP contribution is -2.08. The van der Waals surface area contributed by atoms with Crippen LogP contribution in [0.4, 0.5) is 5.69 Å². The average molecular weight is 381 g/mol. The summed E-state index contributed by atoms with van der Waals surface area (Å²) >= 11 is 12.1. The van der Waals surface area contributed by atoms with E-state index in [1.165, 1.54) is 31.2 Å². The van der Waals surface area contributed by atoms with E-state index in [1.54, 1.807) is 0 Å². The van der Waals surface area contributed by atoms with Gasteiger partial charge in [-0.15, -0.1) is 15.0 Å². The molecule has 0 fully saturated rings. The number of anilines is 1. The zero-order valence-electron chi connectivity index (χ0n) is 12.6. The molecule has 25 heavy (non-hydrogen) atoms. The molecule has 3 N–H and O–H groups in total. The number of hydrogen-bond acceptors (Lipinski definition) is 5. The second-order valence-corrected chi connectivity index (χ2v) is 5.91. The molecule has 3 aromatic rings. The van der Waals surface area contributed by atoms with E-state index in [-0.39, 0.29) is 38.7 Å². The summed E-state index contributed by atoms with van der Waals surface area (Å²) in [5, 5.41) is 30.4. The van der Waals surface area contributed by atoms with Crippen LogP contribution in [0.15, 0.2) is 24.3 Å². The van der Waals surface area contributed by atoms with Gasteiger partial charge < -0.3 is 15.5 Å². The number of aromatic nitrogens is 3. The molecule has 10 heteroatoms. The van der Waals surface area contributed by atoms with Gasteiger partial charge in [0.25, 0.3) is 0 Å². The van der Waals surface area contributed by atoms with Crippen LogP contribution in [0.2, 0.25) is 10.0 Å². The van der Waals surface area contributed by atoms with E-state index in [2.05, 4.69) is 15.5 Å². The fraction of sp³-hybridized carbons (Fsp3) is 0.0667. The second kappa shape index (κ2) is 6.23. The predicted octanol–water partition coefficient (Wildman–Crippen LogP) is 3.09. The summed E-state index contributed by atoms with van der Waals surface area (Å²) in [6, 6.07) is 5.45. The van der Waals surface area contributed by atoms with Crippen molar-refractivity contribution in [2.45, 2.75) is 6.92 Å². The number of carbonyl (C=O) groups excluding carboxylic acids is 1. The van der Waals surface area contributed by atoms with Crippen molar-refractivity contribution in [1.82, 2.24) is 15.0 Å². The summed E-state index contributed by atoms with van der Waals surface area (Å²) in [5.74, 6) is -1.84. The SMILES string of the molecule is CC(=O)Nc1cc(C(=O)O)c2nn(-c3cc(Cl)ccc3O)nc2c1Cl. The Kier molecular flexibility index (Phi) is 4.23. The minimum Gasteiger partial charge on any atom is -0.506 e. The maximum atomic E-state index is 11.5. The molecule has 2 aromatic carbocycles. The summed E-state index contributed by atoms with van der Waals surface area (Å²) in [6.45, 7) is 1.27. The number of carboxylic acids is 1. The Hall–Kier alpha value is -2.84. The molecule has 0 aliphatic carbocycles. The number of benzene rings is 2. The van der Waals surface area contributed by atoms with E-state index in [0.717, 1.165) is 4.80 Å². The quantitative estimate of drug-likeness (QED) is 0.642. The molecule has 1 amide bonds. The monoisotopic (exact) mass is 380 g/mol. The van der Waals surface area contributed by atoms with Crippen LogP contribution < -0.4 is 5.32 Å². The highest BCUT2D eigenvalue weighted by molar-refractivity contribution is 6.38. The van der Waals surface area contributed by atoms with Crippen molar-refractivity contribution >= 4 is 51.8 Å². The first-order valence-corrected chi connectivity index (χ1v) is 7.63. The van der Waals surface area contributed by atoms with E-state index in [0.29, 0.717) is 5.02 Å². The van der Waals surface area contributed by atoms with Crippen LogP contribution in [0.25, 0.3) is 16.7 Å². The van der Waals surface area contributed by atoms with E-state index >= 15 is 0 Å². The molecular formula is C15H10Cl2N4O4. The van der Waals surface area contributed by atoms with Gasteiger partial charge in [-0.05, 0) is 24.3 Å². The molecule has 1 heterocycles. The summed E-state index contributed by atoms with van der Waals surface area (Å²) in [7, 11) is 0. The molecule has 0 saturated carbocycles. The third-order valence-corrected chi connectivity index (χ3v) is 3.91. The minimum atomic E-state index is -1.27. The number of hydrogen-bond donors (Lipinski definition) is 3. The Balaban J connectivity index is 2.30. The highest BCUT2D eigenvalue weighted by Crippen LogP contribution is 2.33. The molecule has 0 aliphatic rings. The first-order chi connectivity index (χ1) is 11.8. The van der Waals surface area contributed by atoms with Gasteiger partial charge in [-0.1, -0.05) is 23.2 Å². The van der Waals surface area contributed by atoms with E-state index in [9.17, 15) is 19.8 Å². The van der Waals surface area contributed by atoms with Crippen molar-refractivity contribution in [2.24, 2.45) is 0 Å². The van der Waals surface area contributed by atoms with Gasteiger partial charge in [-0.2, -0.15) is 0 Å². The number of aromatic hydroxyl groups is 1. The number of fused-ring (bicyclic) bond motifs is 1. The number of rotatable bonds is 3. The maximum absolute atomic E-state index is 11.5. The van der Waals surface area contributed by atoms with Gasteiger partial charge in [-0.25, -0.2) is 4.79 Å². The van der Waals surface area contributed by atoms with Crippen molar-refractivity contribution in [1.29, 1.82) is 0 Å². The van der Waals surface area contributed by atoms with Gasteiger partial charge >= 0.3 is 5.97 Å². The largest absolute Gasteiger partial charge is 0.506 e. The smallest absolute Gasteiger partial charge is 0.338 e. The van der Waals surface area contributed by atoms with E-state index < -0.39 is 11.9 Å². The molecule has 128 valence electrons. The Morgan fingerprint density at radius 3 is 2.48 bits per heavy atom. The fourth-order valence-corrected chi connectivity index (χ4v) is 2.64. The van der Waals surface area contributed by atoms with E-state index in [1.807, 2.05) is 0 Å². The van der Waals surface area contributed by atoms with Gasteiger partial charge in [0, 0.05) is 11.9 Å². The molecule has 0 saturated heterocycles. The molecule has 0 aliphatic heterocycles.